The minimum atomic E-state index is 0. The molecule has 0 radical (unpaired) electrons. The third-order valence-corrected chi connectivity index (χ3v) is 3.64. The van der Waals surface area contributed by atoms with Gasteiger partial charge in [0, 0.05) is 23.4 Å². The second-order valence-electron chi connectivity index (χ2n) is 4.47. The largest absolute Gasteiger partial charge is 0.330 e. The Morgan fingerprint density at radius 1 is 1.35 bits per heavy atom. The monoisotopic (exact) mass is 319 g/mol. The van der Waals surface area contributed by atoms with Crippen LogP contribution in [0.3, 0.4) is 0 Å². The average molecular weight is 321 g/mol. The van der Waals surface area contributed by atoms with E-state index in [1.807, 2.05) is 12.4 Å². The molecule has 0 spiro atoms. The molecule has 1 fully saturated rings. The highest BCUT2D eigenvalue weighted by Crippen LogP contribution is 2.18. The zero-order valence-electron chi connectivity index (χ0n) is 9.81. The Kier molecular flexibility index (Phi) is 6.41. The number of hydrogen-bond acceptors (Lipinski definition) is 3. The van der Waals surface area contributed by atoms with Gasteiger partial charge in [0.2, 0.25) is 0 Å². The first kappa shape index (κ1) is 14.9. The molecule has 0 amide bonds. The molecule has 3 nitrogen and oxygen atoms in total. The lowest BCUT2D eigenvalue weighted by atomic mass is 9.97. The van der Waals surface area contributed by atoms with Crippen LogP contribution in [0.25, 0.3) is 0 Å². The Balaban J connectivity index is 0.00000144. The molecule has 2 heterocycles. The fourth-order valence-corrected chi connectivity index (χ4v) is 2.59. The summed E-state index contributed by atoms with van der Waals surface area (Å²) in [6.45, 7) is 4.17. The van der Waals surface area contributed by atoms with Gasteiger partial charge in [-0.05, 0) is 66.0 Å². The second kappa shape index (κ2) is 7.31. The minimum Gasteiger partial charge on any atom is -0.330 e. The summed E-state index contributed by atoms with van der Waals surface area (Å²) < 4.78 is 1.06. The Hall–Kier alpha value is -0.160. The fourth-order valence-electron chi connectivity index (χ4n) is 2.18. The summed E-state index contributed by atoms with van der Waals surface area (Å²) in [6, 6.07) is 2.14. The molecule has 2 N–H and O–H groups in total. The number of nitrogens with zero attached hydrogens (tertiary/aromatic N) is 2. The molecule has 0 atom stereocenters. The van der Waals surface area contributed by atoms with E-state index in [4.69, 9.17) is 5.73 Å². The van der Waals surface area contributed by atoms with E-state index in [1.54, 1.807) is 0 Å². The van der Waals surface area contributed by atoms with Crippen molar-refractivity contribution in [2.45, 2.75) is 19.4 Å². The van der Waals surface area contributed by atoms with Crippen LogP contribution in [0.15, 0.2) is 22.9 Å². The predicted octanol–water partition coefficient (Wildman–Crippen LogP) is 2.44. The van der Waals surface area contributed by atoms with Crippen LogP contribution in [0, 0.1) is 5.92 Å². The number of aromatic nitrogens is 1. The van der Waals surface area contributed by atoms with Gasteiger partial charge in [-0.2, -0.15) is 0 Å². The number of likely N-dealkylation sites (tertiary alicyclic amines) is 1. The zero-order chi connectivity index (χ0) is 11.4. The summed E-state index contributed by atoms with van der Waals surface area (Å²) in [6.07, 6.45) is 6.24. The molecule has 0 bridgehead atoms. The van der Waals surface area contributed by atoms with Crippen molar-refractivity contribution in [3.63, 3.8) is 0 Å². The van der Waals surface area contributed by atoms with Gasteiger partial charge < -0.3 is 5.73 Å². The Morgan fingerprint density at radius 2 is 2.06 bits per heavy atom. The van der Waals surface area contributed by atoms with Crippen molar-refractivity contribution in [3.05, 3.63) is 28.5 Å². The standard InChI is InChI=1S/C12H18BrN3.ClH/c13-12-5-11(7-15-8-12)9-16-3-1-10(6-14)2-4-16;/h5,7-8,10H,1-4,6,9,14H2;1H. The van der Waals surface area contributed by atoms with Gasteiger partial charge in [-0.1, -0.05) is 0 Å². The highest BCUT2D eigenvalue weighted by atomic mass is 79.9. The van der Waals surface area contributed by atoms with Crippen LogP contribution in [-0.4, -0.2) is 29.5 Å². The van der Waals surface area contributed by atoms with Crippen molar-refractivity contribution < 1.29 is 0 Å². The molecule has 5 heteroatoms. The number of hydrogen-bond donors (Lipinski definition) is 1. The van der Waals surface area contributed by atoms with E-state index < -0.39 is 0 Å². The maximum atomic E-state index is 5.69. The second-order valence-corrected chi connectivity index (χ2v) is 5.38. The van der Waals surface area contributed by atoms with Gasteiger partial charge in [0.05, 0.1) is 0 Å². The summed E-state index contributed by atoms with van der Waals surface area (Å²) >= 11 is 3.45. The molecule has 17 heavy (non-hydrogen) atoms. The summed E-state index contributed by atoms with van der Waals surface area (Å²) in [5, 5.41) is 0. The number of rotatable bonds is 3. The van der Waals surface area contributed by atoms with Crippen molar-refractivity contribution in [2.24, 2.45) is 11.7 Å². The third kappa shape index (κ3) is 4.54. The molecule has 0 saturated carbocycles. The first-order chi connectivity index (χ1) is 7.78. The fraction of sp³-hybridized carbons (Fsp3) is 0.583. The van der Waals surface area contributed by atoms with E-state index in [0.717, 1.165) is 36.6 Å². The molecule has 1 saturated heterocycles. The highest BCUT2D eigenvalue weighted by molar-refractivity contribution is 9.10. The van der Waals surface area contributed by atoms with E-state index in [9.17, 15) is 0 Å². The number of piperidine rings is 1. The molecule has 1 aromatic heterocycles. The third-order valence-electron chi connectivity index (χ3n) is 3.21. The van der Waals surface area contributed by atoms with Crippen LogP contribution in [0.1, 0.15) is 18.4 Å². The lowest BCUT2D eigenvalue weighted by Gasteiger charge is -2.31. The molecule has 1 aliphatic rings. The first-order valence-electron chi connectivity index (χ1n) is 5.80. The molecular weight excluding hydrogens is 302 g/mol. The Labute approximate surface area is 117 Å². The van der Waals surface area contributed by atoms with Crippen molar-refractivity contribution in [1.82, 2.24) is 9.88 Å². The summed E-state index contributed by atoms with van der Waals surface area (Å²) in [4.78, 5) is 6.67. The molecular formula is C12H19BrClN3. The van der Waals surface area contributed by atoms with Crippen LogP contribution < -0.4 is 5.73 Å². The molecule has 2 rings (SSSR count). The average Bonchev–Trinajstić information content (AvgIpc) is 2.30. The SMILES string of the molecule is Cl.NCC1CCN(Cc2cncc(Br)c2)CC1. The molecule has 0 aromatic carbocycles. The van der Waals surface area contributed by atoms with Crippen molar-refractivity contribution in [1.29, 1.82) is 0 Å². The molecule has 0 aliphatic carbocycles. The van der Waals surface area contributed by atoms with Gasteiger partial charge in [-0.15, -0.1) is 12.4 Å². The van der Waals surface area contributed by atoms with Crippen molar-refractivity contribution >= 4 is 28.3 Å². The number of pyridine rings is 1. The van der Waals surface area contributed by atoms with Gasteiger partial charge in [0.1, 0.15) is 0 Å². The normalized spacial score (nSPS) is 17.8. The number of nitrogens with two attached hydrogens (primary N) is 1. The van der Waals surface area contributed by atoms with Gasteiger partial charge in [-0.25, -0.2) is 0 Å². The highest BCUT2D eigenvalue weighted by Gasteiger charge is 2.17. The van der Waals surface area contributed by atoms with Gasteiger partial charge in [0.15, 0.2) is 0 Å². The summed E-state index contributed by atoms with van der Waals surface area (Å²) in [7, 11) is 0. The number of halogens is 2. The van der Waals surface area contributed by atoms with E-state index in [2.05, 4.69) is 31.9 Å². The van der Waals surface area contributed by atoms with E-state index in [1.165, 1.54) is 18.4 Å². The van der Waals surface area contributed by atoms with Crippen molar-refractivity contribution in [2.75, 3.05) is 19.6 Å². The lowest BCUT2D eigenvalue weighted by molar-refractivity contribution is 0.180. The molecule has 0 unspecified atom stereocenters. The van der Waals surface area contributed by atoms with Gasteiger partial charge >= 0.3 is 0 Å². The van der Waals surface area contributed by atoms with E-state index in [0.29, 0.717) is 0 Å². The molecule has 96 valence electrons. The molecule has 1 aliphatic heterocycles. The van der Waals surface area contributed by atoms with Crippen LogP contribution in [-0.2, 0) is 6.54 Å². The topological polar surface area (TPSA) is 42.1 Å². The predicted molar refractivity (Wildman–Crippen MR) is 76.2 cm³/mol. The molecule has 1 aromatic rings. The maximum Gasteiger partial charge on any atom is 0.0410 e. The van der Waals surface area contributed by atoms with Crippen LogP contribution in [0.2, 0.25) is 0 Å². The Bertz CT molecular complexity index is 340. The zero-order valence-corrected chi connectivity index (χ0v) is 12.2. The van der Waals surface area contributed by atoms with Crippen LogP contribution in [0.4, 0.5) is 0 Å². The van der Waals surface area contributed by atoms with Gasteiger partial charge in [0.25, 0.3) is 0 Å². The lowest BCUT2D eigenvalue weighted by Crippen LogP contribution is -2.35. The Morgan fingerprint density at radius 3 is 2.65 bits per heavy atom. The summed E-state index contributed by atoms with van der Waals surface area (Å²) in [5.74, 6) is 0.733. The summed E-state index contributed by atoms with van der Waals surface area (Å²) in [5.41, 5.74) is 6.96. The van der Waals surface area contributed by atoms with E-state index >= 15 is 0 Å². The van der Waals surface area contributed by atoms with Crippen molar-refractivity contribution in [3.8, 4) is 0 Å². The quantitative estimate of drug-likeness (QED) is 0.930. The minimum absolute atomic E-state index is 0. The maximum absolute atomic E-state index is 5.69. The first-order valence-corrected chi connectivity index (χ1v) is 6.59. The van der Waals surface area contributed by atoms with E-state index in [-0.39, 0.29) is 12.4 Å². The van der Waals surface area contributed by atoms with Crippen LogP contribution >= 0.6 is 28.3 Å². The smallest absolute Gasteiger partial charge is 0.0410 e. The van der Waals surface area contributed by atoms with Gasteiger partial charge in [-0.3, -0.25) is 9.88 Å². The van der Waals surface area contributed by atoms with Crippen LogP contribution in [0.5, 0.6) is 0 Å².